The van der Waals surface area contributed by atoms with Crippen molar-refractivity contribution in [3.8, 4) is 0 Å². The third-order valence-corrected chi connectivity index (χ3v) is 4.51. The maximum atomic E-state index is 12.1. The molecule has 1 heterocycles. The Kier molecular flexibility index (Phi) is 6.42. The molecule has 0 fully saturated rings. The quantitative estimate of drug-likeness (QED) is 0.494. The monoisotopic (exact) mass is 347 g/mol. The molecule has 0 aliphatic carbocycles. The summed E-state index contributed by atoms with van der Waals surface area (Å²) in [7, 11) is -3.57. The first-order chi connectivity index (χ1) is 9.49. The second-order valence-electron chi connectivity index (χ2n) is 4.19. The van der Waals surface area contributed by atoms with Crippen molar-refractivity contribution in [1.82, 2.24) is 4.72 Å². The van der Waals surface area contributed by atoms with Gasteiger partial charge in [0.15, 0.2) is 18.9 Å². The lowest BCUT2D eigenvalue weighted by Gasteiger charge is -2.06. The van der Waals surface area contributed by atoms with E-state index in [4.69, 9.17) is 17.3 Å². The molecule has 0 atom stereocenters. The number of nitrogens with zero attached hydrogens (tertiary/aromatic N) is 1. The van der Waals surface area contributed by atoms with Crippen LogP contribution in [0.1, 0.15) is 0 Å². The molecule has 3 N–H and O–H groups in total. The zero-order valence-corrected chi connectivity index (χ0v) is 13.4. The zero-order valence-electron chi connectivity index (χ0n) is 11.0. The number of nitrogens with two attached hydrogens (primary N) is 1. The summed E-state index contributed by atoms with van der Waals surface area (Å²) < 4.78 is 28.5. The smallest absolute Gasteiger partial charge is 0.240 e. The molecule has 0 aliphatic heterocycles. The van der Waals surface area contributed by atoms with Crippen LogP contribution in [0.4, 0.5) is 5.69 Å². The fourth-order valence-corrected chi connectivity index (χ4v) is 2.94. The van der Waals surface area contributed by atoms with E-state index in [-0.39, 0.29) is 22.3 Å². The highest BCUT2D eigenvalue weighted by Gasteiger charge is 2.15. The van der Waals surface area contributed by atoms with Crippen LogP contribution in [0, 0.1) is 0 Å². The molecule has 0 radical (unpaired) electrons. The number of sulfonamides is 1. The Morgan fingerprint density at radius 3 is 2.48 bits per heavy atom. The molecule has 0 unspecified atom stereocenters. The van der Waals surface area contributed by atoms with Crippen molar-refractivity contribution in [2.24, 2.45) is 0 Å². The summed E-state index contributed by atoms with van der Waals surface area (Å²) >= 11 is 5.83. The van der Waals surface area contributed by atoms with Gasteiger partial charge in [-0.05, 0) is 18.2 Å². The van der Waals surface area contributed by atoms with E-state index in [1.54, 1.807) is 0 Å². The molecule has 21 heavy (non-hydrogen) atoms. The van der Waals surface area contributed by atoms with Crippen molar-refractivity contribution >= 4 is 27.3 Å². The molecule has 1 aromatic heterocycles. The van der Waals surface area contributed by atoms with Crippen molar-refractivity contribution < 1.29 is 25.4 Å². The van der Waals surface area contributed by atoms with Gasteiger partial charge in [0.1, 0.15) is 0 Å². The number of nitrogen functional groups attached to an aromatic ring is 1. The number of pyridine rings is 1. The molecule has 8 heteroatoms. The highest BCUT2D eigenvalue weighted by molar-refractivity contribution is 7.89. The summed E-state index contributed by atoms with van der Waals surface area (Å²) in [5, 5.41) is 0.227. The molecule has 0 aliphatic rings. The van der Waals surface area contributed by atoms with Crippen molar-refractivity contribution in [1.29, 1.82) is 0 Å². The lowest BCUT2D eigenvalue weighted by Crippen LogP contribution is -3.00. The lowest BCUT2D eigenvalue weighted by molar-refractivity contribution is -0.694. The minimum Gasteiger partial charge on any atom is -1.00 e. The van der Waals surface area contributed by atoms with Crippen LogP contribution in [0.2, 0.25) is 5.02 Å². The number of rotatable bonds is 5. The predicted octanol–water partition coefficient (Wildman–Crippen LogP) is -1.81. The minimum absolute atomic E-state index is 0. The van der Waals surface area contributed by atoms with Crippen molar-refractivity contribution in [2.45, 2.75) is 11.4 Å². The number of nitrogens with one attached hydrogen (secondary N) is 1. The van der Waals surface area contributed by atoms with Crippen LogP contribution in [0.15, 0.2) is 53.7 Å². The SMILES string of the molecule is Nc1ccc(S(=O)(=O)NCC[n+]2ccccc2)cc1Cl.[Cl-]. The second kappa shape index (κ2) is 7.61. The van der Waals surface area contributed by atoms with Gasteiger partial charge in [-0.2, -0.15) is 0 Å². The van der Waals surface area contributed by atoms with Gasteiger partial charge >= 0.3 is 0 Å². The van der Waals surface area contributed by atoms with Gasteiger partial charge in [-0.15, -0.1) is 0 Å². The van der Waals surface area contributed by atoms with E-state index in [1.807, 2.05) is 35.2 Å². The van der Waals surface area contributed by atoms with E-state index in [1.165, 1.54) is 18.2 Å². The lowest BCUT2D eigenvalue weighted by atomic mass is 10.3. The molecule has 0 bridgehead atoms. The van der Waals surface area contributed by atoms with Gasteiger partial charge in [-0.3, -0.25) is 0 Å². The van der Waals surface area contributed by atoms with Gasteiger partial charge in [0.05, 0.1) is 22.2 Å². The Labute approximate surface area is 135 Å². The van der Waals surface area contributed by atoms with Crippen LogP contribution in [0.3, 0.4) is 0 Å². The topological polar surface area (TPSA) is 76.1 Å². The third-order valence-electron chi connectivity index (χ3n) is 2.72. The number of hydrogen-bond donors (Lipinski definition) is 2. The highest BCUT2D eigenvalue weighted by Crippen LogP contribution is 2.22. The number of aromatic nitrogens is 1. The highest BCUT2D eigenvalue weighted by atomic mass is 35.5. The van der Waals surface area contributed by atoms with Gasteiger partial charge in [-0.1, -0.05) is 17.7 Å². The maximum Gasteiger partial charge on any atom is 0.240 e. The summed E-state index contributed by atoms with van der Waals surface area (Å²) in [5.74, 6) is 0. The molecule has 0 saturated carbocycles. The number of benzene rings is 1. The largest absolute Gasteiger partial charge is 1.00 e. The average molecular weight is 348 g/mol. The van der Waals surface area contributed by atoms with Gasteiger partial charge < -0.3 is 18.1 Å². The maximum absolute atomic E-state index is 12.1. The summed E-state index contributed by atoms with van der Waals surface area (Å²) in [6, 6.07) is 9.91. The number of halogens is 2. The Morgan fingerprint density at radius 2 is 1.86 bits per heavy atom. The molecule has 5 nitrogen and oxygen atoms in total. The van der Waals surface area contributed by atoms with E-state index < -0.39 is 10.0 Å². The van der Waals surface area contributed by atoms with Crippen LogP contribution in [-0.2, 0) is 16.6 Å². The second-order valence-corrected chi connectivity index (χ2v) is 6.37. The summed E-state index contributed by atoms with van der Waals surface area (Å²) in [6.07, 6.45) is 3.74. The Bertz CT molecular complexity index is 694. The molecule has 0 spiro atoms. The van der Waals surface area contributed by atoms with Gasteiger partial charge in [0, 0.05) is 12.1 Å². The zero-order chi connectivity index (χ0) is 14.6. The molecule has 1 aromatic carbocycles. The number of hydrogen-bond acceptors (Lipinski definition) is 3. The molecule has 2 rings (SSSR count). The standard InChI is InChI=1S/C13H15ClN3O2S.ClH/c14-12-10-11(4-5-13(12)15)20(18,19)16-6-9-17-7-2-1-3-8-17;/h1-5,7-8,10,16H,6,9,15H2;1H/q+1;/p-1. The van der Waals surface area contributed by atoms with E-state index in [0.717, 1.165) is 0 Å². The van der Waals surface area contributed by atoms with Gasteiger partial charge in [-0.25, -0.2) is 17.7 Å². The third kappa shape index (κ3) is 4.86. The molecule has 0 saturated heterocycles. The van der Waals surface area contributed by atoms with Crippen LogP contribution in [-0.4, -0.2) is 15.0 Å². The van der Waals surface area contributed by atoms with Gasteiger partial charge in [0.2, 0.25) is 10.0 Å². The van der Waals surface area contributed by atoms with Crippen LogP contribution in [0.25, 0.3) is 0 Å². The molecule has 0 amide bonds. The minimum atomic E-state index is -3.57. The predicted molar refractivity (Wildman–Crippen MR) is 77.7 cm³/mol. The Balaban J connectivity index is 0.00000220. The molecular formula is C13H15Cl2N3O2S. The van der Waals surface area contributed by atoms with E-state index in [9.17, 15) is 8.42 Å². The van der Waals surface area contributed by atoms with E-state index in [2.05, 4.69) is 4.72 Å². The van der Waals surface area contributed by atoms with Crippen LogP contribution >= 0.6 is 11.6 Å². The van der Waals surface area contributed by atoms with E-state index >= 15 is 0 Å². The number of anilines is 1. The summed E-state index contributed by atoms with van der Waals surface area (Å²) in [6.45, 7) is 0.835. The van der Waals surface area contributed by atoms with E-state index in [0.29, 0.717) is 18.8 Å². The molecule has 2 aromatic rings. The fourth-order valence-electron chi connectivity index (χ4n) is 1.65. The van der Waals surface area contributed by atoms with Gasteiger partial charge in [0.25, 0.3) is 0 Å². The first-order valence-electron chi connectivity index (χ1n) is 5.98. The molecular weight excluding hydrogens is 333 g/mol. The van der Waals surface area contributed by atoms with Crippen molar-refractivity contribution in [2.75, 3.05) is 12.3 Å². The molecule has 114 valence electrons. The Hall–Kier alpha value is -1.34. The van der Waals surface area contributed by atoms with Crippen LogP contribution in [0.5, 0.6) is 0 Å². The first-order valence-corrected chi connectivity index (χ1v) is 7.84. The first kappa shape index (κ1) is 17.7. The van der Waals surface area contributed by atoms with Crippen LogP contribution < -0.4 is 27.4 Å². The fraction of sp³-hybridized carbons (Fsp3) is 0.154. The van der Waals surface area contributed by atoms with Crippen molar-refractivity contribution in [3.63, 3.8) is 0 Å². The Morgan fingerprint density at radius 1 is 1.19 bits per heavy atom. The van der Waals surface area contributed by atoms with Crippen molar-refractivity contribution in [3.05, 3.63) is 53.8 Å². The summed E-state index contributed by atoms with van der Waals surface area (Å²) in [5.41, 5.74) is 5.91. The summed E-state index contributed by atoms with van der Waals surface area (Å²) in [4.78, 5) is 0.106. The average Bonchev–Trinajstić information content (AvgIpc) is 2.43. The normalized spacial score (nSPS) is 10.9.